The summed E-state index contributed by atoms with van der Waals surface area (Å²) < 4.78 is 5.11. The summed E-state index contributed by atoms with van der Waals surface area (Å²) in [5.74, 6) is 0.302. The van der Waals surface area contributed by atoms with Crippen molar-refractivity contribution in [2.45, 2.75) is 19.8 Å². The van der Waals surface area contributed by atoms with Crippen molar-refractivity contribution in [3.63, 3.8) is 0 Å². The smallest absolute Gasteiger partial charge is 0.115 e. The summed E-state index contributed by atoms with van der Waals surface area (Å²) in [7, 11) is 1.71. The van der Waals surface area contributed by atoms with E-state index in [1.54, 1.807) is 19.2 Å². The van der Waals surface area contributed by atoms with Gasteiger partial charge in [0.15, 0.2) is 0 Å². The lowest BCUT2D eigenvalue weighted by molar-refractivity contribution is 0.211. The largest absolute Gasteiger partial charge is 0.508 e. The third kappa shape index (κ3) is 5.72. The van der Waals surface area contributed by atoms with E-state index in [-0.39, 0.29) is 0 Å². The third-order valence-corrected chi connectivity index (χ3v) is 5.01. The van der Waals surface area contributed by atoms with E-state index in [0.717, 1.165) is 25.1 Å². The van der Waals surface area contributed by atoms with Crippen LogP contribution in [0.15, 0.2) is 84.4 Å². The Labute approximate surface area is 173 Å². The fourth-order valence-electron chi connectivity index (χ4n) is 3.48. The molecule has 3 nitrogen and oxygen atoms in total. The van der Waals surface area contributed by atoms with Gasteiger partial charge in [-0.1, -0.05) is 67.1 Å². The Hall–Kier alpha value is -3.04. The number of anilines is 1. The van der Waals surface area contributed by atoms with E-state index in [1.165, 1.54) is 27.8 Å². The zero-order chi connectivity index (χ0) is 20.5. The summed E-state index contributed by atoms with van der Waals surface area (Å²) in [5, 5.41) is 13.0. The molecule has 0 saturated carbocycles. The van der Waals surface area contributed by atoms with Crippen LogP contribution in [0, 0.1) is 0 Å². The minimum atomic E-state index is 0.302. The first kappa shape index (κ1) is 20.7. The minimum absolute atomic E-state index is 0.302. The number of benzene rings is 3. The number of methoxy groups -OCH3 is 1. The molecule has 0 atom stereocenters. The molecule has 0 fully saturated rings. The highest BCUT2D eigenvalue weighted by Gasteiger charge is 2.12. The Morgan fingerprint density at radius 3 is 2.14 bits per heavy atom. The summed E-state index contributed by atoms with van der Waals surface area (Å²) in [5.41, 5.74) is 7.39. The molecule has 29 heavy (non-hydrogen) atoms. The lowest BCUT2D eigenvalue weighted by Gasteiger charge is -2.17. The number of allylic oxidation sites excluding steroid dienone is 1. The molecule has 0 bridgehead atoms. The maximum absolute atomic E-state index is 9.59. The highest BCUT2D eigenvalue weighted by molar-refractivity contribution is 5.83. The Kier molecular flexibility index (Phi) is 7.48. The van der Waals surface area contributed by atoms with E-state index >= 15 is 0 Å². The van der Waals surface area contributed by atoms with Gasteiger partial charge in [0.05, 0.1) is 6.61 Å². The fourth-order valence-corrected chi connectivity index (χ4v) is 3.48. The van der Waals surface area contributed by atoms with Gasteiger partial charge in [0.2, 0.25) is 0 Å². The van der Waals surface area contributed by atoms with Gasteiger partial charge >= 0.3 is 0 Å². The van der Waals surface area contributed by atoms with Crippen LogP contribution in [0.2, 0.25) is 0 Å². The molecular formula is C26H29NO2. The van der Waals surface area contributed by atoms with E-state index < -0.39 is 0 Å². The molecule has 0 aliphatic carbocycles. The molecule has 0 aliphatic rings. The second-order valence-electron chi connectivity index (χ2n) is 7.04. The first-order valence-electron chi connectivity index (χ1n) is 10.1. The predicted molar refractivity (Wildman–Crippen MR) is 121 cm³/mol. The number of hydrogen-bond donors (Lipinski definition) is 2. The maximum atomic E-state index is 9.59. The average molecular weight is 388 g/mol. The molecule has 3 aromatic rings. The monoisotopic (exact) mass is 387 g/mol. The summed E-state index contributed by atoms with van der Waals surface area (Å²) in [6.07, 6.45) is 1.81. The molecule has 3 rings (SSSR count). The zero-order valence-electron chi connectivity index (χ0n) is 17.2. The van der Waals surface area contributed by atoms with Crippen molar-refractivity contribution in [1.29, 1.82) is 0 Å². The molecule has 3 heteroatoms. The average Bonchev–Trinajstić information content (AvgIpc) is 2.76. The Morgan fingerprint density at radius 1 is 0.862 bits per heavy atom. The van der Waals surface area contributed by atoms with E-state index in [2.05, 4.69) is 66.8 Å². The van der Waals surface area contributed by atoms with Gasteiger partial charge in [-0.25, -0.2) is 0 Å². The van der Waals surface area contributed by atoms with Crippen molar-refractivity contribution in [2.24, 2.45) is 0 Å². The first-order chi connectivity index (χ1) is 14.2. The SMILES string of the molecule is CC/C(Cc1ccc(O)cc1)=C(\c1ccccc1)c1ccc(NCCOC)cc1. The number of ether oxygens (including phenoxy) is 1. The number of phenolic OH excluding ortho intramolecular Hbond substituents is 1. The van der Waals surface area contributed by atoms with Gasteiger partial charge < -0.3 is 15.2 Å². The van der Waals surface area contributed by atoms with Crippen molar-refractivity contribution >= 4 is 11.3 Å². The lowest BCUT2D eigenvalue weighted by atomic mass is 9.88. The number of rotatable bonds is 9. The third-order valence-electron chi connectivity index (χ3n) is 5.01. The van der Waals surface area contributed by atoms with Crippen LogP contribution >= 0.6 is 0 Å². The summed E-state index contributed by atoms with van der Waals surface area (Å²) in [4.78, 5) is 0. The predicted octanol–water partition coefficient (Wildman–Crippen LogP) is 5.91. The van der Waals surface area contributed by atoms with Crippen molar-refractivity contribution in [2.75, 3.05) is 25.6 Å². The Morgan fingerprint density at radius 2 is 1.52 bits per heavy atom. The molecule has 0 saturated heterocycles. The highest BCUT2D eigenvalue weighted by Crippen LogP contribution is 2.31. The summed E-state index contributed by atoms with van der Waals surface area (Å²) in [6, 6.07) is 26.7. The highest BCUT2D eigenvalue weighted by atomic mass is 16.5. The summed E-state index contributed by atoms with van der Waals surface area (Å²) >= 11 is 0. The molecular weight excluding hydrogens is 358 g/mol. The van der Waals surface area contributed by atoms with E-state index in [4.69, 9.17) is 4.74 Å². The molecule has 0 amide bonds. The van der Waals surface area contributed by atoms with Crippen LogP contribution in [0.1, 0.15) is 30.0 Å². The molecule has 2 N–H and O–H groups in total. The Balaban J connectivity index is 1.97. The van der Waals surface area contributed by atoms with Gasteiger partial charge in [-0.2, -0.15) is 0 Å². The van der Waals surface area contributed by atoms with Gasteiger partial charge in [0.25, 0.3) is 0 Å². The van der Waals surface area contributed by atoms with Crippen LogP contribution in [0.5, 0.6) is 5.75 Å². The van der Waals surface area contributed by atoms with E-state index in [1.807, 2.05) is 12.1 Å². The van der Waals surface area contributed by atoms with Gasteiger partial charge in [-0.15, -0.1) is 0 Å². The second-order valence-corrected chi connectivity index (χ2v) is 7.04. The fraction of sp³-hybridized carbons (Fsp3) is 0.231. The van der Waals surface area contributed by atoms with E-state index in [0.29, 0.717) is 12.4 Å². The standard InChI is InChI=1S/C26H29NO2/c1-3-21(19-20-9-15-25(28)16-10-20)26(22-7-5-4-6-8-22)23-11-13-24(14-12-23)27-17-18-29-2/h4-16,27-28H,3,17-19H2,1-2H3/b26-21-. The van der Waals surface area contributed by atoms with Crippen LogP contribution in [-0.2, 0) is 11.2 Å². The molecule has 0 heterocycles. The number of hydrogen-bond acceptors (Lipinski definition) is 3. The molecule has 0 aliphatic heterocycles. The number of phenols is 1. The van der Waals surface area contributed by atoms with Gasteiger partial charge in [-0.3, -0.25) is 0 Å². The normalized spacial score (nSPS) is 11.8. The zero-order valence-corrected chi connectivity index (χ0v) is 17.2. The van der Waals surface area contributed by atoms with Crippen molar-refractivity contribution in [3.05, 3.63) is 101 Å². The molecule has 0 unspecified atom stereocenters. The number of aromatic hydroxyl groups is 1. The molecule has 0 aromatic heterocycles. The van der Waals surface area contributed by atoms with Crippen molar-refractivity contribution in [1.82, 2.24) is 0 Å². The quantitative estimate of drug-likeness (QED) is 0.449. The first-order valence-corrected chi connectivity index (χ1v) is 10.1. The summed E-state index contributed by atoms with van der Waals surface area (Å²) in [6.45, 7) is 3.68. The van der Waals surface area contributed by atoms with Gasteiger partial charge in [-0.05, 0) is 59.4 Å². The molecule has 0 spiro atoms. The second kappa shape index (κ2) is 10.5. The molecule has 0 radical (unpaired) electrons. The van der Waals surface area contributed by atoms with E-state index in [9.17, 15) is 5.11 Å². The maximum Gasteiger partial charge on any atom is 0.115 e. The molecule has 150 valence electrons. The topological polar surface area (TPSA) is 41.5 Å². The van der Waals surface area contributed by atoms with Gasteiger partial charge in [0.1, 0.15) is 5.75 Å². The Bertz CT molecular complexity index is 913. The van der Waals surface area contributed by atoms with Crippen LogP contribution in [0.25, 0.3) is 5.57 Å². The van der Waals surface area contributed by atoms with Crippen LogP contribution in [0.4, 0.5) is 5.69 Å². The van der Waals surface area contributed by atoms with Crippen LogP contribution in [0.3, 0.4) is 0 Å². The van der Waals surface area contributed by atoms with Crippen molar-refractivity contribution in [3.8, 4) is 5.75 Å². The van der Waals surface area contributed by atoms with Crippen LogP contribution in [-0.4, -0.2) is 25.4 Å². The minimum Gasteiger partial charge on any atom is -0.508 e. The van der Waals surface area contributed by atoms with Crippen molar-refractivity contribution < 1.29 is 9.84 Å². The lowest BCUT2D eigenvalue weighted by Crippen LogP contribution is -2.07. The van der Waals surface area contributed by atoms with Gasteiger partial charge in [0, 0.05) is 19.3 Å². The molecule has 3 aromatic carbocycles. The van der Waals surface area contributed by atoms with Crippen LogP contribution < -0.4 is 5.32 Å². The number of nitrogens with one attached hydrogen (secondary N) is 1.